The monoisotopic (exact) mass is 356 g/mol. The fourth-order valence-corrected chi connectivity index (χ4v) is 4.04. The third-order valence-corrected chi connectivity index (χ3v) is 5.20. The smallest absolute Gasteiger partial charge is 0.215 e. The Morgan fingerprint density at radius 3 is 2.96 bits per heavy atom. The lowest BCUT2D eigenvalue weighted by Gasteiger charge is -2.09. The number of thioether (sulfide) groups is 1. The molecule has 0 aliphatic rings. The number of aryl methyl sites for hydroxylation is 2. The van der Waals surface area contributed by atoms with Gasteiger partial charge in [0.15, 0.2) is 0 Å². The lowest BCUT2D eigenvalue weighted by molar-refractivity contribution is 0.665. The molecule has 0 atom stereocenters. The summed E-state index contributed by atoms with van der Waals surface area (Å²) >= 11 is 2.78. The van der Waals surface area contributed by atoms with Crippen molar-refractivity contribution >= 4 is 33.1 Å². The van der Waals surface area contributed by atoms with Crippen molar-refractivity contribution in [3.05, 3.63) is 53.6 Å². The van der Waals surface area contributed by atoms with Crippen LogP contribution >= 0.6 is 23.1 Å². The van der Waals surface area contributed by atoms with Crippen LogP contribution in [0.5, 0.6) is 0 Å². The van der Waals surface area contributed by atoms with Gasteiger partial charge in [0.2, 0.25) is 5.16 Å². The topological polar surface area (TPSA) is 79.5 Å². The minimum atomic E-state index is 0.384. The summed E-state index contributed by atoms with van der Waals surface area (Å²) in [7, 11) is 1.76. The average Bonchev–Trinajstić information content (AvgIpc) is 3.15. The Kier molecular flexibility index (Phi) is 4.77. The third kappa shape index (κ3) is 3.24. The molecule has 0 radical (unpaired) electrons. The summed E-state index contributed by atoms with van der Waals surface area (Å²) in [6.07, 6.45) is 1.62. The molecule has 0 bridgehead atoms. The molecule has 0 unspecified atom stereocenters. The Hall–Kier alpha value is -2.45. The van der Waals surface area contributed by atoms with E-state index in [1.807, 2.05) is 6.07 Å². The molecule has 2 aromatic heterocycles. The van der Waals surface area contributed by atoms with Crippen LogP contribution in [0.4, 0.5) is 5.00 Å². The zero-order valence-corrected chi connectivity index (χ0v) is 14.9. The number of benzene rings is 1. The molecule has 0 saturated heterocycles. The number of anilines is 1. The van der Waals surface area contributed by atoms with Gasteiger partial charge in [-0.1, -0.05) is 36.4 Å². The second kappa shape index (κ2) is 6.98. The number of nitrogens with one attached hydrogen (secondary N) is 2. The molecular formula is C16H16N6S2. The molecule has 0 aliphatic heterocycles. The maximum absolute atomic E-state index is 8.57. The van der Waals surface area contributed by atoms with Crippen LogP contribution in [0.25, 0.3) is 11.1 Å². The predicted octanol–water partition coefficient (Wildman–Crippen LogP) is 3.92. The third-order valence-electron chi connectivity index (χ3n) is 3.35. The second-order valence-corrected chi connectivity index (χ2v) is 6.94. The van der Waals surface area contributed by atoms with Crippen LogP contribution in [-0.2, 0) is 7.05 Å². The van der Waals surface area contributed by atoms with Crippen molar-refractivity contribution in [3.8, 4) is 11.1 Å². The van der Waals surface area contributed by atoms with Gasteiger partial charge in [0.25, 0.3) is 0 Å². The molecule has 0 spiro atoms. The molecule has 2 heterocycles. The minimum Gasteiger partial charge on any atom is -0.354 e. The van der Waals surface area contributed by atoms with E-state index in [0.29, 0.717) is 10.2 Å². The number of thiophene rings is 1. The first-order valence-electron chi connectivity index (χ1n) is 7.15. The van der Waals surface area contributed by atoms with E-state index in [9.17, 15) is 0 Å². The van der Waals surface area contributed by atoms with Crippen molar-refractivity contribution in [2.24, 2.45) is 7.05 Å². The minimum absolute atomic E-state index is 0.384. The van der Waals surface area contributed by atoms with E-state index in [2.05, 4.69) is 57.9 Å². The molecule has 3 rings (SSSR count). The van der Waals surface area contributed by atoms with Crippen LogP contribution in [0.2, 0.25) is 0 Å². The molecule has 0 amide bonds. The van der Waals surface area contributed by atoms with Crippen LogP contribution < -0.4 is 5.32 Å². The zero-order chi connectivity index (χ0) is 17.1. The summed E-state index contributed by atoms with van der Waals surface area (Å²) in [6.45, 7) is 5.78. The highest BCUT2D eigenvalue weighted by atomic mass is 32.2. The van der Waals surface area contributed by atoms with Gasteiger partial charge in [0, 0.05) is 23.6 Å². The Balaban J connectivity index is 2.04. The molecule has 0 aliphatic carbocycles. The molecular weight excluding hydrogens is 340 g/mol. The lowest BCUT2D eigenvalue weighted by atomic mass is 10.0. The number of nitrogens with zero attached hydrogens (tertiary/aromatic N) is 4. The highest BCUT2D eigenvalue weighted by Gasteiger charge is 2.20. The molecule has 1 aromatic carbocycles. The molecule has 6 nitrogen and oxygen atoms in total. The molecule has 8 heteroatoms. The van der Waals surface area contributed by atoms with Gasteiger partial charge in [-0.25, -0.2) is 4.68 Å². The maximum Gasteiger partial charge on any atom is 0.215 e. The summed E-state index contributed by atoms with van der Waals surface area (Å²) in [5.74, 6) is 0. The van der Waals surface area contributed by atoms with Gasteiger partial charge in [-0.3, -0.25) is 5.41 Å². The normalized spacial score (nSPS) is 10.6. The molecule has 2 N–H and O–H groups in total. The van der Waals surface area contributed by atoms with Crippen LogP contribution in [-0.4, -0.2) is 25.3 Å². The van der Waals surface area contributed by atoms with E-state index in [-0.39, 0.29) is 0 Å². The van der Waals surface area contributed by atoms with Crippen molar-refractivity contribution in [2.45, 2.75) is 12.1 Å². The largest absolute Gasteiger partial charge is 0.354 e. The SMILES string of the molecule is C=CNc1scc(-c2cccc(C)c2)c1C(=N)Sc1nnnn1C. The van der Waals surface area contributed by atoms with Crippen LogP contribution in [0.3, 0.4) is 0 Å². The first kappa shape index (κ1) is 16.4. The van der Waals surface area contributed by atoms with Crippen molar-refractivity contribution in [1.29, 1.82) is 5.41 Å². The Morgan fingerprint density at radius 1 is 1.46 bits per heavy atom. The van der Waals surface area contributed by atoms with Gasteiger partial charge in [-0.05, 0) is 40.9 Å². The van der Waals surface area contributed by atoms with E-state index in [4.69, 9.17) is 5.41 Å². The summed E-state index contributed by atoms with van der Waals surface area (Å²) in [4.78, 5) is 0. The van der Waals surface area contributed by atoms with Crippen LogP contribution in [0, 0.1) is 12.3 Å². The van der Waals surface area contributed by atoms with Crippen molar-refractivity contribution < 1.29 is 0 Å². The van der Waals surface area contributed by atoms with E-state index in [0.717, 1.165) is 21.7 Å². The summed E-state index contributed by atoms with van der Waals surface area (Å²) < 4.78 is 1.55. The highest BCUT2D eigenvalue weighted by Crippen LogP contribution is 2.39. The first-order chi connectivity index (χ1) is 11.6. The van der Waals surface area contributed by atoms with E-state index in [1.54, 1.807) is 29.3 Å². The van der Waals surface area contributed by atoms with Crippen molar-refractivity contribution in [1.82, 2.24) is 20.2 Å². The predicted molar refractivity (Wildman–Crippen MR) is 99.8 cm³/mol. The standard InChI is InChI=1S/C16H16N6S2/c1-4-18-15-13(14(17)24-16-19-20-21-22(16)3)12(9-23-15)11-7-5-6-10(2)8-11/h4-9,17-18H,1H2,2-3H3. The molecule has 3 aromatic rings. The van der Waals surface area contributed by atoms with E-state index < -0.39 is 0 Å². The summed E-state index contributed by atoms with van der Waals surface area (Å²) in [5, 5.41) is 27.0. The zero-order valence-electron chi connectivity index (χ0n) is 13.3. The number of aromatic nitrogens is 4. The highest BCUT2D eigenvalue weighted by molar-refractivity contribution is 8.14. The Bertz CT molecular complexity index is 896. The van der Waals surface area contributed by atoms with Gasteiger partial charge in [-0.15, -0.1) is 16.4 Å². The second-order valence-electron chi connectivity index (χ2n) is 5.09. The Labute approximate surface area is 148 Å². The first-order valence-corrected chi connectivity index (χ1v) is 8.85. The quantitative estimate of drug-likeness (QED) is 0.411. The molecule has 122 valence electrons. The van der Waals surface area contributed by atoms with Crippen molar-refractivity contribution in [2.75, 3.05) is 5.32 Å². The molecule has 0 fully saturated rings. The molecule has 24 heavy (non-hydrogen) atoms. The maximum atomic E-state index is 8.57. The number of hydrogen-bond donors (Lipinski definition) is 2. The van der Waals surface area contributed by atoms with Gasteiger partial charge in [0.05, 0.1) is 0 Å². The van der Waals surface area contributed by atoms with Gasteiger partial charge >= 0.3 is 0 Å². The summed E-state index contributed by atoms with van der Waals surface area (Å²) in [5.41, 5.74) is 4.11. The van der Waals surface area contributed by atoms with Crippen LogP contribution in [0.15, 0.2) is 47.6 Å². The number of hydrogen-bond acceptors (Lipinski definition) is 7. The Morgan fingerprint density at radius 2 is 2.29 bits per heavy atom. The fourth-order valence-electron chi connectivity index (χ4n) is 2.26. The fraction of sp³-hybridized carbons (Fsp3) is 0.125. The summed E-state index contributed by atoms with van der Waals surface area (Å²) in [6, 6.07) is 8.25. The van der Waals surface area contributed by atoms with Gasteiger partial charge in [-0.2, -0.15) is 0 Å². The number of tetrazole rings is 1. The van der Waals surface area contributed by atoms with E-state index >= 15 is 0 Å². The average molecular weight is 356 g/mol. The van der Waals surface area contributed by atoms with Gasteiger partial charge < -0.3 is 5.32 Å². The lowest BCUT2D eigenvalue weighted by Crippen LogP contribution is -2.01. The van der Waals surface area contributed by atoms with Crippen molar-refractivity contribution in [3.63, 3.8) is 0 Å². The molecule has 0 saturated carbocycles. The number of rotatable bonds is 5. The van der Waals surface area contributed by atoms with E-state index in [1.165, 1.54) is 17.3 Å². The van der Waals surface area contributed by atoms with Crippen LogP contribution in [0.1, 0.15) is 11.1 Å². The van der Waals surface area contributed by atoms with Gasteiger partial charge in [0.1, 0.15) is 10.0 Å².